The second-order valence-electron chi connectivity index (χ2n) is 5.30. The van der Waals surface area contributed by atoms with Crippen molar-refractivity contribution in [1.29, 1.82) is 0 Å². The number of nitrogens with zero attached hydrogens (tertiary/aromatic N) is 5. The average Bonchev–Trinajstić information content (AvgIpc) is 3.00. The number of aryl methyl sites for hydroxylation is 1. The third kappa shape index (κ3) is 2.45. The lowest BCUT2D eigenvalue weighted by Crippen LogP contribution is -2.31. The topological polar surface area (TPSA) is 69.8 Å². The molecule has 0 aliphatic carbocycles. The van der Waals surface area contributed by atoms with E-state index >= 15 is 0 Å². The summed E-state index contributed by atoms with van der Waals surface area (Å²) in [6.07, 6.45) is 5.23. The van der Waals surface area contributed by atoms with Gasteiger partial charge in [-0.1, -0.05) is 23.2 Å². The first-order valence-corrected chi connectivity index (χ1v) is 8.02. The van der Waals surface area contributed by atoms with Gasteiger partial charge < -0.3 is 14.6 Å². The second-order valence-corrected chi connectivity index (χ2v) is 6.07. The Kier molecular flexibility index (Phi) is 3.63. The highest BCUT2D eigenvalue weighted by Gasteiger charge is 2.24. The average molecular weight is 353 g/mol. The molecule has 4 heterocycles. The van der Waals surface area contributed by atoms with Gasteiger partial charge in [0.25, 0.3) is 0 Å². The van der Waals surface area contributed by atoms with E-state index in [-0.39, 0.29) is 6.04 Å². The molecule has 7 nitrogen and oxygen atoms in total. The van der Waals surface area contributed by atoms with Crippen LogP contribution in [0.1, 0.15) is 13.0 Å². The molecule has 0 bridgehead atoms. The number of fused-ring (bicyclic) bond motifs is 1. The van der Waals surface area contributed by atoms with E-state index in [1.54, 1.807) is 17.1 Å². The monoisotopic (exact) mass is 352 g/mol. The van der Waals surface area contributed by atoms with Crippen molar-refractivity contribution in [2.75, 3.05) is 18.5 Å². The molecule has 1 fully saturated rings. The molecule has 0 spiro atoms. The molecule has 4 rings (SSSR count). The highest BCUT2D eigenvalue weighted by molar-refractivity contribution is 6.35. The molecular weight excluding hydrogens is 339 g/mol. The van der Waals surface area contributed by atoms with Crippen LogP contribution < -0.4 is 5.32 Å². The van der Waals surface area contributed by atoms with E-state index in [0.717, 1.165) is 17.6 Å². The summed E-state index contributed by atoms with van der Waals surface area (Å²) in [7, 11) is 0. The van der Waals surface area contributed by atoms with E-state index < -0.39 is 0 Å². The van der Waals surface area contributed by atoms with Crippen molar-refractivity contribution in [3.05, 3.63) is 28.8 Å². The Balaban J connectivity index is 1.66. The molecule has 0 amide bonds. The summed E-state index contributed by atoms with van der Waals surface area (Å²) in [6, 6.07) is 0.192. The Labute approximate surface area is 142 Å². The summed E-state index contributed by atoms with van der Waals surface area (Å²) < 4.78 is 8.89. The van der Waals surface area contributed by atoms with Crippen LogP contribution in [0.5, 0.6) is 0 Å². The van der Waals surface area contributed by atoms with Gasteiger partial charge in [0.2, 0.25) is 5.95 Å². The quantitative estimate of drug-likeness (QED) is 0.780. The minimum absolute atomic E-state index is 0.192. The van der Waals surface area contributed by atoms with Gasteiger partial charge >= 0.3 is 0 Å². The molecule has 1 aliphatic rings. The van der Waals surface area contributed by atoms with Crippen molar-refractivity contribution in [1.82, 2.24) is 24.3 Å². The van der Waals surface area contributed by atoms with Crippen LogP contribution in [-0.2, 0) is 11.3 Å². The van der Waals surface area contributed by atoms with Crippen LogP contribution in [0, 0.1) is 0 Å². The third-order valence-electron chi connectivity index (χ3n) is 3.86. The molecule has 0 aromatic carbocycles. The fourth-order valence-corrected chi connectivity index (χ4v) is 3.03. The molecular formula is C14H14Cl2N6O. The lowest BCUT2D eigenvalue weighted by molar-refractivity contribution is -0.0284. The van der Waals surface area contributed by atoms with Crippen molar-refractivity contribution < 1.29 is 4.74 Å². The van der Waals surface area contributed by atoms with Gasteiger partial charge in [0, 0.05) is 18.9 Å². The fraction of sp³-hybridized carbons (Fsp3) is 0.357. The fourth-order valence-electron chi connectivity index (χ4n) is 2.50. The summed E-state index contributed by atoms with van der Waals surface area (Å²) in [4.78, 5) is 8.83. The number of anilines is 2. The van der Waals surface area contributed by atoms with Crippen molar-refractivity contribution in [3.63, 3.8) is 0 Å². The van der Waals surface area contributed by atoms with E-state index in [9.17, 15) is 0 Å². The number of ether oxygens (including phenoxy) is 1. The SMILES string of the molecule is CCn1cc(Cl)c2cnc(Nc3cnn(C4COC4)c3Cl)nc21. The number of aromatic nitrogens is 5. The molecule has 3 aromatic rings. The molecule has 0 saturated carbocycles. The number of nitrogens with one attached hydrogen (secondary N) is 1. The van der Waals surface area contributed by atoms with Gasteiger partial charge in [-0.05, 0) is 6.92 Å². The van der Waals surface area contributed by atoms with Crippen LogP contribution in [0.25, 0.3) is 11.0 Å². The maximum atomic E-state index is 6.36. The number of hydrogen-bond acceptors (Lipinski definition) is 5. The molecule has 0 unspecified atom stereocenters. The predicted molar refractivity (Wildman–Crippen MR) is 88.6 cm³/mol. The number of halogens is 2. The van der Waals surface area contributed by atoms with Crippen molar-refractivity contribution >= 4 is 45.9 Å². The van der Waals surface area contributed by atoms with Crippen molar-refractivity contribution in [3.8, 4) is 0 Å². The first-order valence-electron chi connectivity index (χ1n) is 7.26. The first-order chi connectivity index (χ1) is 11.2. The van der Waals surface area contributed by atoms with Crippen LogP contribution >= 0.6 is 23.2 Å². The van der Waals surface area contributed by atoms with Crippen LogP contribution in [0.15, 0.2) is 18.6 Å². The highest BCUT2D eigenvalue weighted by Crippen LogP contribution is 2.30. The van der Waals surface area contributed by atoms with Gasteiger partial charge in [-0.3, -0.25) is 0 Å². The molecule has 3 aromatic heterocycles. The van der Waals surface area contributed by atoms with E-state index in [4.69, 9.17) is 27.9 Å². The van der Waals surface area contributed by atoms with Crippen molar-refractivity contribution in [2.24, 2.45) is 0 Å². The van der Waals surface area contributed by atoms with E-state index in [1.165, 1.54) is 0 Å². The largest absolute Gasteiger partial charge is 0.377 e. The van der Waals surface area contributed by atoms with Gasteiger partial charge in [0.05, 0.1) is 35.5 Å². The van der Waals surface area contributed by atoms with Crippen LogP contribution in [0.3, 0.4) is 0 Å². The normalized spacial score (nSPS) is 15.1. The van der Waals surface area contributed by atoms with Crippen LogP contribution in [-0.4, -0.2) is 37.5 Å². The Hall–Kier alpha value is -1.83. The Morgan fingerprint density at radius 2 is 2.17 bits per heavy atom. The van der Waals surface area contributed by atoms with Gasteiger partial charge in [0.1, 0.15) is 11.7 Å². The number of rotatable bonds is 4. The molecule has 0 atom stereocenters. The Morgan fingerprint density at radius 3 is 2.87 bits per heavy atom. The summed E-state index contributed by atoms with van der Waals surface area (Å²) in [5.74, 6) is 0.452. The Morgan fingerprint density at radius 1 is 1.35 bits per heavy atom. The summed E-state index contributed by atoms with van der Waals surface area (Å²) in [5.41, 5.74) is 1.45. The van der Waals surface area contributed by atoms with Gasteiger partial charge in [-0.25, -0.2) is 9.67 Å². The molecule has 120 valence electrons. The van der Waals surface area contributed by atoms with Crippen LogP contribution in [0.4, 0.5) is 11.6 Å². The standard InChI is InChI=1S/C14H14Cl2N6O/c1-2-21-5-10(15)9-3-17-14(20-13(9)21)19-11-4-18-22(12(11)16)8-6-23-7-8/h3-5,8H,2,6-7H2,1H3,(H,17,19,20). The molecule has 23 heavy (non-hydrogen) atoms. The van der Waals surface area contributed by atoms with Gasteiger partial charge in [-0.15, -0.1) is 0 Å². The third-order valence-corrected chi connectivity index (χ3v) is 4.53. The van der Waals surface area contributed by atoms with Gasteiger partial charge in [-0.2, -0.15) is 10.1 Å². The van der Waals surface area contributed by atoms with E-state index in [1.807, 2.05) is 17.7 Å². The zero-order valence-electron chi connectivity index (χ0n) is 12.3. The van der Waals surface area contributed by atoms with Gasteiger partial charge in [0.15, 0.2) is 5.15 Å². The zero-order chi connectivity index (χ0) is 16.0. The lowest BCUT2D eigenvalue weighted by Gasteiger charge is -2.26. The summed E-state index contributed by atoms with van der Waals surface area (Å²) in [6.45, 7) is 4.07. The molecule has 9 heteroatoms. The summed E-state index contributed by atoms with van der Waals surface area (Å²) in [5, 5.41) is 9.40. The first kappa shape index (κ1) is 14.7. The summed E-state index contributed by atoms with van der Waals surface area (Å²) >= 11 is 12.6. The molecule has 1 saturated heterocycles. The minimum atomic E-state index is 0.192. The maximum Gasteiger partial charge on any atom is 0.229 e. The lowest BCUT2D eigenvalue weighted by atomic mass is 10.3. The molecule has 0 radical (unpaired) electrons. The maximum absolute atomic E-state index is 6.36. The second kappa shape index (κ2) is 5.67. The smallest absolute Gasteiger partial charge is 0.229 e. The molecule has 1 N–H and O–H groups in total. The zero-order valence-corrected chi connectivity index (χ0v) is 13.8. The van der Waals surface area contributed by atoms with E-state index in [2.05, 4.69) is 20.4 Å². The highest BCUT2D eigenvalue weighted by atomic mass is 35.5. The number of hydrogen-bond donors (Lipinski definition) is 1. The predicted octanol–water partition coefficient (Wildman–Crippen LogP) is 3.27. The minimum Gasteiger partial charge on any atom is -0.377 e. The van der Waals surface area contributed by atoms with Crippen LogP contribution in [0.2, 0.25) is 10.2 Å². The molecule has 1 aliphatic heterocycles. The van der Waals surface area contributed by atoms with Crippen molar-refractivity contribution in [2.45, 2.75) is 19.5 Å². The van der Waals surface area contributed by atoms with E-state index in [0.29, 0.717) is 35.0 Å². The Bertz CT molecular complexity index is 870.